The summed E-state index contributed by atoms with van der Waals surface area (Å²) in [4.78, 5) is 11.8. The van der Waals surface area contributed by atoms with Crippen LogP contribution >= 0.6 is 0 Å². The summed E-state index contributed by atoms with van der Waals surface area (Å²) >= 11 is 0. The molecule has 1 heterocycles. The van der Waals surface area contributed by atoms with Crippen LogP contribution < -0.4 is 10.6 Å². The standard InChI is InChI=1S/C14H22N2O3/c1-10(11-5-3-6-11)16-13(17)15-9-14(2,18)12-7-4-8-19-12/h4,7-8,10-11,18H,3,5-6,9H2,1-2H3,(H2,15,16,17). The van der Waals surface area contributed by atoms with Crippen LogP contribution in [0.1, 0.15) is 38.9 Å². The van der Waals surface area contributed by atoms with Crippen molar-refractivity contribution in [3.8, 4) is 0 Å². The van der Waals surface area contributed by atoms with Crippen molar-refractivity contribution in [1.82, 2.24) is 10.6 Å². The second-order valence-corrected chi connectivity index (χ2v) is 5.56. The van der Waals surface area contributed by atoms with Crippen molar-refractivity contribution in [3.05, 3.63) is 24.2 Å². The number of furan rings is 1. The van der Waals surface area contributed by atoms with Gasteiger partial charge in [-0.3, -0.25) is 0 Å². The third kappa shape index (κ3) is 3.50. The summed E-state index contributed by atoms with van der Waals surface area (Å²) in [6.45, 7) is 3.75. The van der Waals surface area contributed by atoms with E-state index in [0.29, 0.717) is 11.7 Å². The van der Waals surface area contributed by atoms with E-state index in [-0.39, 0.29) is 18.6 Å². The van der Waals surface area contributed by atoms with E-state index >= 15 is 0 Å². The average molecular weight is 266 g/mol. The molecule has 19 heavy (non-hydrogen) atoms. The van der Waals surface area contributed by atoms with Crippen molar-refractivity contribution in [2.24, 2.45) is 5.92 Å². The van der Waals surface area contributed by atoms with Gasteiger partial charge in [0.1, 0.15) is 11.4 Å². The maximum absolute atomic E-state index is 11.8. The van der Waals surface area contributed by atoms with Gasteiger partial charge in [0.05, 0.1) is 12.8 Å². The van der Waals surface area contributed by atoms with Crippen LogP contribution in [0, 0.1) is 5.92 Å². The quantitative estimate of drug-likeness (QED) is 0.763. The number of hydrogen-bond donors (Lipinski definition) is 3. The first-order valence-corrected chi connectivity index (χ1v) is 6.80. The molecule has 1 aromatic heterocycles. The smallest absolute Gasteiger partial charge is 0.315 e. The molecule has 1 aliphatic rings. The summed E-state index contributed by atoms with van der Waals surface area (Å²) < 4.78 is 5.15. The zero-order valence-electron chi connectivity index (χ0n) is 11.5. The first-order chi connectivity index (χ1) is 8.99. The van der Waals surface area contributed by atoms with Gasteiger partial charge in [0, 0.05) is 6.04 Å². The van der Waals surface area contributed by atoms with Crippen LogP contribution in [-0.2, 0) is 5.60 Å². The predicted molar refractivity (Wildman–Crippen MR) is 71.6 cm³/mol. The van der Waals surface area contributed by atoms with Gasteiger partial charge in [-0.2, -0.15) is 0 Å². The number of carbonyl (C=O) groups is 1. The first-order valence-electron chi connectivity index (χ1n) is 6.80. The van der Waals surface area contributed by atoms with Crippen molar-refractivity contribution >= 4 is 6.03 Å². The molecule has 0 radical (unpaired) electrons. The highest BCUT2D eigenvalue weighted by atomic mass is 16.4. The molecule has 0 spiro atoms. The van der Waals surface area contributed by atoms with Gasteiger partial charge < -0.3 is 20.2 Å². The number of hydrogen-bond acceptors (Lipinski definition) is 3. The second kappa shape index (κ2) is 5.65. The highest BCUT2D eigenvalue weighted by Gasteiger charge is 2.28. The maximum Gasteiger partial charge on any atom is 0.315 e. The molecule has 2 atom stereocenters. The topological polar surface area (TPSA) is 74.5 Å². The van der Waals surface area contributed by atoms with Crippen LogP contribution in [0.2, 0.25) is 0 Å². The minimum atomic E-state index is -1.19. The Balaban J connectivity index is 1.76. The van der Waals surface area contributed by atoms with Gasteiger partial charge in [0.2, 0.25) is 0 Å². The lowest BCUT2D eigenvalue weighted by atomic mass is 9.80. The number of urea groups is 1. The fourth-order valence-electron chi connectivity index (χ4n) is 2.24. The number of nitrogens with one attached hydrogen (secondary N) is 2. The summed E-state index contributed by atoms with van der Waals surface area (Å²) in [6.07, 6.45) is 5.13. The van der Waals surface area contributed by atoms with Gasteiger partial charge >= 0.3 is 6.03 Å². The van der Waals surface area contributed by atoms with E-state index in [0.717, 1.165) is 0 Å². The van der Waals surface area contributed by atoms with Crippen LogP contribution in [0.4, 0.5) is 4.79 Å². The van der Waals surface area contributed by atoms with Crippen LogP contribution in [0.5, 0.6) is 0 Å². The van der Waals surface area contributed by atoms with E-state index in [1.807, 2.05) is 6.92 Å². The summed E-state index contributed by atoms with van der Waals surface area (Å²) in [5, 5.41) is 15.8. The van der Waals surface area contributed by atoms with Crippen molar-refractivity contribution in [2.45, 2.75) is 44.8 Å². The SMILES string of the molecule is CC(NC(=O)NCC(C)(O)c1ccco1)C1CCC1. The molecule has 5 heteroatoms. The summed E-state index contributed by atoms with van der Waals surface area (Å²) in [6, 6.07) is 3.34. The highest BCUT2D eigenvalue weighted by Crippen LogP contribution is 2.29. The van der Waals surface area contributed by atoms with Crippen molar-refractivity contribution in [3.63, 3.8) is 0 Å². The maximum atomic E-state index is 11.8. The molecule has 0 aromatic carbocycles. The molecule has 0 aliphatic heterocycles. The van der Waals surface area contributed by atoms with Gasteiger partial charge in [-0.15, -0.1) is 0 Å². The van der Waals surface area contributed by atoms with E-state index in [1.165, 1.54) is 25.5 Å². The van der Waals surface area contributed by atoms with Crippen LogP contribution in [0.15, 0.2) is 22.8 Å². The lowest BCUT2D eigenvalue weighted by Crippen LogP contribution is -2.48. The Morgan fingerprint density at radius 2 is 2.37 bits per heavy atom. The molecule has 1 saturated carbocycles. The lowest BCUT2D eigenvalue weighted by molar-refractivity contribution is 0.0365. The Labute approximate surface area is 113 Å². The average Bonchev–Trinajstić information content (AvgIpc) is 2.77. The Morgan fingerprint density at radius 1 is 1.63 bits per heavy atom. The number of carbonyl (C=O) groups excluding carboxylic acids is 1. The summed E-state index contributed by atoms with van der Waals surface area (Å²) in [5.74, 6) is 1.04. The highest BCUT2D eigenvalue weighted by molar-refractivity contribution is 5.74. The molecule has 3 N–H and O–H groups in total. The van der Waals surface area contributed by atoms with E-state index in [4.69, 9.17) is 4.42 Å². The molecule has 1 aliphatic carbocycles. The van der Waals surface area contributed by atoms with Crippen molar-refractivity contribution in [2.75, 3.05) is 6.54 Å². The first kappa shape index (κ1) is 13.9. The number of aliphatic hydroxyl groups is 1. The Kier molecular flexibility index (Phi) is 4.14. The zero-order valence-corrected chi connectivity index (χ0v) is 11.5. The molecule has 0 bridgehead atoms. The van der Waals surface area contributed by atoms with Crippen LogP contribution in [0.3, 0.4) is 0 Å². The molecule has 1 aromatic rings. The van der Waals surface area contributed by atoms with E-state index in [9.17, 15) is 9.90 Å². The molecule has 1 fully saturated rings. The predicted octanol–water partition coefficient (Wildman–Crippen LogP) is 1.97. The molecular formula is C14H22N2O3. The minimum Gasteiger partial charge on any atom is -0.466 e. The Hall–Kier alpha value is -1.49. The zero-order chi connectivity index (χ0) is 13.9. The molecule has 2 unspecified atom stereocenters. The van der Waals surface area contributed by atoms with E-state index in [1.54, 1.807) is 19.1 Å². The molecule has 5 nitrogen and oxygen atoms in total. The third-order valence-corrected chi connectivity index (χ3v) is 3.86. The van der Waals surface area contributed by atoms with Gasteiger partial charge in [-0.25, -0.2) is 4.79 Å². The number of amides is 2. The molecule has 2 amide bonds. The fourth-order valence-corrected chi connectivity index (χ4v) is 2.24. The van der Waals surface area contributed by atoms with E-state index in [2.05, 4.69) is 10.6 Å². The van der Waals surface area contributed by atoms with Gasteiger partial charge in [0.15, 0.2) is 0 Å². The number of rotatable bonds is 5. The Bertz CT molecular complexity index is 410. The lowest BCUT2D eigenvalue weighted by Gasteiger charge is -2.32. The van der Waals surface area contributed by atoms with Crippen molar-refractivity contribution in [1.29, 1.82) is 0 Å². The fraction of sp³-hybridized carbons (Fsp3) is 0.643. The monoisotopic (exact) mass is 266 g/mol. The third-order valence-electron chi connectivity index (χ3n) is 3.86. The van der Waals surface area contributed by atoms with Gasteiger partial charge in [0.25, 0.3) is 0 Å². The van der Waals surface area contributed by atoms with Crippen LogP contribution in [0.25, 0.3) is 0 Å². The van der Waals surface area contributed by atoms with E-state index < -0.39 is 5.60 Å². The second-order valence-electron chi connectivity index (χ2n) is 5.56. The normalized spacial score (nSPS) is 20.2. The summed E-state index contributed by atoms with van der Waals surface area (Å²) in [5.41, 5.74) is -1.19. The van der Waals surface area contributed by atoms with Gasteiger partial charge in [-0.05, 0) is 44.7 Å². The Morgan fingerprint density at radius 3 is 2.89 bits per heavy atom. The molecule has 106 valence electrons. The minimum absolute atomic E-state index is 0.115. The summed E-state index contributed by atoms with van der Waals surface area (Å²) in [7, 11) is 0. The molecular weight excluding hydrogens is 244 g/mol. The largest absolute Gasteiger partial charge is 0.466 e. The molecule has 0 saturated heterocycles. The van der Waals surface area contributed by atoms with Crippen molar-refractivity contribution < 1.29 is 14.3 Å². The van der Waals surface area contributed by atoms with Gasteiger partial charge in [-0.1, -0.05) is 6.42 Å². The molecule has 2 rings (SSSR count). The van der Waals surface area contributed by atoms with Crippen LogP contribution in [-0.4, -0.2) is 23.7 Å².